The average Bonchev–Trinajstić information content (AvgIpc) is 2.66. The van der Waals surface area contributed by atoms with E-state index in [0.717, 1.165) is 5.69 Å². The molecule has 2 N–H and O–H groups in total. The van der Waals surface area contributed by atoms with Crippen molar-refractivity contribution in [3.8, 4) is 11.3 Å². The molecule has 0 spiro atoms. The number of hydrogen-bond acceptors (Lipinski definition) is 7. The maximum atomic E-state index is 13.4. The predicted octanol–water partition coefficient (Wildman–Crippen LogP) is 3.40. The van der Waals surface area contributed by atoms with Gasteiger partial charge in [-0.25, -0.2) is 14.4 Å². The van der Waals surface area contributed by atoms with Gasteiger partial charge in [0.2, 0.25) is 5.95 Å². The highest BCUT2D eigenvalue weighted by molar-refractivity contribution is 7.81. The van der Waals surface area contributed by atoms with Crippen LogP contribution < -0.4 is 4.31 Å². The van der Waals surface area contributed by atoms with Crippen LogP contribution in [0.1, 0.15) is 43.9 Å². The Labute approximate surface area is 175 Å². The monoisotopic (exact) mass is 419 g/mol. The van der Waals surface area contributed by atoms with E-state index in [4.69, 9.17) is 0 Å². The highest BCUT2D eigenvalue weighted by Crippen LogP contribution is 2.31. The standard InChI is InChI=1S/C21H26FN3O3S/c1-13(2)19-18(9-8-16(27)12-17(28)10-11-26)20(24-21(23-19)25(3)29)14-4-6-15(22)7-5-14/h4-9,11,13,16-17,27-29H,10,12H2,1-3H3/b9-8+/t16-,17+/m1/s1. The average molecular weight is 420 g/mol. The van der Waals surface area contributed by atoms with Crippen LogP contribution in [-0.2, 0) is 4.79 Å². The number of hydrogen-bond donors (Lipinski definition) is 3. The molecule has 2 aromatic rings. The van der Waals surface area contributed by atoms with Gasteiger partial charge in [0, 0.05) is 31.0 Å². The molecule has 0 radical (unpaired) electrons. The lowest BCUT2D eigenvalue weighted by Gasteiger charge is -2.18. The molecule has 0 fully saturated rings. The number of aldehydes is 1. The number of nitrogens with zero attached hydrogens (tertiary/aromatic N) is 3. The fraction of sp³-hybridized carbons (Fsp3) is 0.381. The molecule has 0 saturated carbocycles. The molecule has 0 saturated heterocycles. The second-order valence-electron chi connectivity index (χ2n) is 7.07. The van der Waals surface area contributed by atoms with Gasteiger partial charge in [-0.3, -0.25) is 4.31 Å². The molecule has 156 valence electrons. The van der Waals surface area contributed by atoms with E-state index >= 15 is 0 Å². The second-order valence-corrected chi connectivity index (χ2v) is 7.67. The molecule has 1 aromatic carbocycles. The van der Waals surface area contributed by atoms with Gasteiger partial charge < -0.3 is 15.0 Å². The molecule has 0 unspecified atom stereocenters. The van der Waals surface area contributed by atoms with Gasteiger partial charge in [-0.1, -0.05) is 38.8 Å². The number of thiol groups is 1. The highest BCUT2D eigenvalue weighted by Gasteiger charge is 2.18. The molecule has 2 rings (SSSR count). The van der Waals surface area contributed by atoms with Gasteiger partial charge in [0.05, 0.1) is 23.6 Å². The van der Waals surface area contributed by atoms with Crippen molar-refractivity contribution in [1.29, 1.82) is 0 Å². The second kappa shape index (κ2) is 10.5. The molecule has 0 amide bonds. The smallest absolute Gasteiger partial charge is 0.235 e. The van der Waals surface area contributed by atoms with Crippen molar-refractivity contribution in [2.75, 3.05) is 11.4 Å². The Hall–Kier alpha value is -2.29. The molecule has 6 nitrogen and oxygen atoms in total. The first kappa shape index (κ1) is 23.0. The lowest BCUT2D eigenvalue weighted by molar-refractivity contribution is -0.109. The molecular weight excluding hydrogens is 393 g/mol. The fourth-order valence-corrected chi connectivity index (χ4v) is 2.91. The Balaban J connectivity index is 2.53. The van der Waals surface area contributed by atoms with Gasteiger partial charge in [-0.15, -0.1) is 0 Å². The summed E-state index contributed by atoms with van der Waals surface area (Å²) in [7, 11) is 1.71. The number of anilines is 1. The summed E-state index contributed by atoms with van der Waals surface area (Å²) in [6.45, 7) is 3.97. The van der Waals surface area contributed by atoms with Gasteiger partial charge in [0.1, 0.15) is 12.1 Å². The summed E-state index contributed by atoms with van der Waals surface area (Å²) < 4.78 is 14.9. The highest BCUT2D eigenvalue weighted by atomic mass is 32.1. The maximum Gasteiger partial charge on any atom is 0.235 e. The van der Waals surface area contributed by atoms with Gasteiger partial charge >= 0.3 is 0 Å². The quantitative estimate of drug-likeness (QED) is 0.427. The van der Waals surface area contributed by atoms with Crippen LogP contribution in [0.3, 0.4) is 0 Å². The third-order valence-corrected chi connectivity index (χ3v) is 4.46. The van der Waals surface area contributed by atoms with Crippen LogP contribution in [0.25, 0.3) is 17.3 Å². The van der Waals surface area contributed by atoms with Gasteiger partial charge in [0.25, 0.3) is 0 Å². The first-order chi connectivity index (χ1) is 13.7. The molecule has 1 aromatic heterocycles. The number of aromatic nitrogens is 2. The van der Waals surface area contributed by atoms with E-state index in [1.54, 1.807) is 25.3 Å². The minimum atomic E-state index is -0.946. The maximum absolute atomic E-state index is 13.4. The summed E-state index contributed by atoms with van der Waals surface area (Å²) in [6, 6.07) is 5.97. The third kappa shape index (κ3) is 6.35. The van der Waals surface area contributed by atoms with Crippen molar-refractivity contribution in [3.63, 3.8) is 0 Å². The van der Waals surface area contributed by atoms with Crippen molar-refractivity contribution >= 4 is 31.1 Å². The fourth-order valence-electron chi connectivity index (χ4n) is 2.82. The Kier molecular flexibility index (Phi) is 8.31. The van der Waals surface area contributed by atoms with E-state index in [2.05, 4.69) is 22.8 Å². The van der Waals surface area contributed by atoms with E-state index in [9.17, 15) is 19.4 Å². The molecule has 8 heteroatoms. The van der Waals surface area contributed by atoms with E-state index < -0.39 is 12.2 Å². The van der Waals surface area contributed by atoms with Crippen LogP contribution in [0.4, 0.5) is 10.3 Å². The minimum Gasteiger partial charge on any atom is -0.393 e. The van der Waals surface area contributed by atoms with Crippen LogP contribution in [0.15, 0.2) is 30.3 Å². The first-order valence-corrected chi connectivity index (χ1v) is 9.71. The summed E-state index contributed by atoms with van der Waals surface area (Å²) >= 11 is 4.29. The zero-order chi connectivity index (χ0) is 21.6. The number of rotatable bonds is 9. The third-order valence-electron chi connectivity index (χ3n) is 4.28. The molecule has 0 aliphatic carbocycles. The van der Waals surface area contributed by atoms with E-state index in [1.807, 2.05) is 13.8 Å². The molecular formula is C21H26FN3O3S. The Morgan fingerprint density at radius 1 is 1.21 bits per heavy atom. The van der Waals surface area contributed by atoms with E-state index in [-0.39, 0.29) is 24.6 Å². The van der Waals surface area contributed by atoms with Gasteiger partial charge in [0.15, 0.2) is 0 Å². The molecule has 0 bridgehead atoms. The van der Waals surface area contributed by atoms with Crippen LogP contribution in [0, 0.1) is 5.82 Å². The van der Waals surface area contributed by atoms with Gasteiger partial charge in [-0.2, -0.15) is 0 Å². The number of halogens is 1. The lowest BCUT2D eigenvalue weighted by atomic mass is 9.97. The lowest BCUT2D eigenvalue weighted by Crippen LogP contribution is -2.16. The minimum absolute atomic E-state index is 0.0327. The van der Waals surface area contributed by atoms with E-state index in [0.29, 0.717) is 29.1 Å². The predicted molar refractivity (Wildman–Crippen MR) is 115 cm³/mol. The Morgan fingerprint density at radius 3 is 2.41 bits per heavy atom. The van der Waals surface area contributed by atoms with Crippen LogP contribution >= 0.6 is 12.8 Å². The summed E-state index contributed by atoms with van der Waals surface area (Å²) in [6.07, 6.45) is 2.00. The normalized spacial score (nSPS) is 13.7. The SMILES string of the molecule is CC(C)c1nc(N(C)S)nc(-c2ccc(F)cc2)c1/C=C/[C@@H](O)C[C@@H](O)CC=O. The number of carbonyl (C=O) groups is 1. The first-order valence-electron chi connectivity index (χ1n) is 9.31. The molecule has 0 aliphatic rings. The summed E-state index contributed by atoms with van der Waals surface area (Å²) in [4.78, 5) is 19.6. The Bertz CT molecular complexity index is 857. The van der Waals surface area contributed by atoms with E-state index in [1.165, 1.54) is 22.5 Å². The largest absolute Gasteiger partial charge is 0.393 e. The van der Waals surface area contributed by atoms with Crippen LogP contribution in [0.5, 0.6) is 0 Å². The molecule has 0 aliphatic heterocycles. The summed E-state index contributed by atoms with van der Waals surface area (Å²) in [5, 5.41) is 19.9. The van der Waals surface area contributed by atoms with Crippen molar-refractivity contribution in [2.45, 2.75) is 44.8 Å². The Morgan fingerprint density at radius 2 is 1.86 bits per heavy atom. The van der Waals surface area contributed by atoms with Crippen LogP contribution in [0.2, 0.25) is 0 Å². The topological polar surface area (TPSA) is 86.6 Å². The number of aliphatic hydroxyl groups is 2. The summed E-state index contributed by atoms with van der Waals surface area (Å²) in [5.74, 6) is 0.0900. The molecule has 1 heterocycles. The van der Waals surface area contributed by atoms with Crippen molar-refractivity contribution < 1.29 is 19.4 Å². The zero-order valence-corrected chi connectivity index (χ0v) is 17.6. The van der Waals surface area contributed by atoms with Crippen LogP contribution in [-0.4, -0.2) is 45.7 Å². The number of aliphatic hydroxyl groups excluding tert-OH is 2. The molecule has 29 heavy (non-hydrogen) atoms. The zero-order valence-electron chi connectivity index (χ0n) is 16.7. The van der Waals surface area contributed by atoms with Crippen molar-refractivity contribution in [3.05, 3.63) is 47.4 Å². The number of benzene rings is 1. The summed E-state index contributed by atoms with van der Waals surface area (Å²) in [5.41, 5.74) is 2.71. The number of carbonyl (C=O) groups excluding carboxylic acids is 1. The van der Waals surface area contributed by atoms with Crippen molar-refractivity contribution in [1.82, 2.24) is 9.97 Å². The van der Waals surface area contributed by atoms with Gasteiger partial charge in [-0.05, 0) is 30.2 Å². The molecule has 2 atom stereocenters. The van der Waals surface area contributed by atoms with Crippen molar-refractivity contribution in [2.24, 2.45) is 0 Å².